The topological polar surface area (TPSA) is 205 Å². The van der Waals surface area contributed by atoms with E-state index >= 15 is 0 Å². The Bertz CT molecular complexity index is 987. The Morgan fingerprint density at radius 3 is 2.16 bits per heavy atom. The average molecular weight is 458 g/mol. The minimum Gasteiger partial charge on any atom is -0.478 e. The second-order valence-electron chi connectivity index (χ2n) is 7.60. The molecular formula is C18H27FN6O7. The lowest BCUT2D eigenvalue weighted by Gasteiger charge is -2.24. The molecule has 32 heavy (non-hydrogen) atoms. The number of nitrogens with two attached hydrogens (primary N) is 1. The summed E-state index contributed by atoms with van der Waals surface area (Å²) < 4.78 is 13.8. The van der Waals surface area contributed by atoms with Gasteiger partial charge in [0.15, 0.2) is 0 Å². The van der Waals surface area contributed by atoms with Crippen molar-refractivity contribution in [2.45, 2.75) is 58.4 Å². The van der Waals surface area contributed by atoms with Crippen LogP contribution in [-0.4, -0.2) is 56.5 Å². The Balaban J connectivity index is 2.98. The van der Waals surface area contributed by atoms with Crippen LogP contribution in [0.4, 0.5) is 4.39 Å². The van der Waals surface area contributed by atoms with Crippen molar-refractivity contribution >= 4 is 23.7 Å². The van der Waals surface area contributed by atoms with Crippen LogP contribution in [0, 0.1) is 11.7 Å². The van der Waals surface area contributed by atoms with Crippen LogP contribution in [-0.2, 0) is 19.2 Å². The SMILES string of the molecule is CC(C)CC(NC(=O)C(C)N)C(=O)N[C@@H](C)C(=O)NC(C(=O)O)n1cc(F)c(=O)[nH]c1=O. The van der Waals surface area contributed by atoms with Crippen molar-refractivity contribution in [2.75, 3.05) is 0 Å². The molecule has 0 aromatic carbocycles. The first-order valence-corrected chi connectivity index (χ1v) is 9.65. The second-order valence-corrected chi connectivity index (χ2v) is 7.60. The number of carboxylic acid groups (broad SMARTS) is 1. The molecule has 0 spiro atoms. The Morgan fingerprint density at radius 1 is 1.06 bits per heavy atom. The quantitative estimate of drug-likeness (QED) is 0.225. The normalized spacial score (nSPS) is 14.7. The number of hydrogen-bond acceptors (Lipinski definition) is 7. The van der Waals surface area contributed by atoms with Gasteiger partial charge in [-0.3, -0.25) is 28.7 Å². The van der Waals surface area contributed by atoms with E-state index < -0.39 is 65.0 Å². The number of carboxylic acids is 1. The Morgan fingerprint density at radius 2 is 1.66 bits per heavy atom. The lowest BCUT2D eigenvalue weighted by molar-refractivity contribution is -0.145. The number of hydrogen-bond donors (Lipinski definition) is 6. The molecule has 7 N–H and O–H groups in total. The van der Waals surface area contributed by atoms with Crippen LogP contribution in [0.15, 0.2) is 15.8 Å². The van der Waals surface area contributed by atoms with Crippen molar-refractivity contribution in [1.29, 1.82) is 0 Å². The molecule has 0 aliphatic heterocycles. The second kappa shape index (κ2) is 11.2. The summed E-state index contributed by atoms with van der Waals surface area (Å²) >= 11 is 0. The highest BCUT2D eigenvalue weighted by Gasteiger charge is 2.29. The first-order chi connectivity index (χ1) is 14.7. The maximum atomic E-state index is 13.5. The number of H-pyrrole nitrogens is 1. The minimum atomic E-state index is -2.06. The summed E-state index contributed by atoms with van der Waals surface area (Å²) in [5.74, 6) is -5.48. The van der Waals surface area contributed by atoms with Crippen LogP contribution in [0.1, 0.15) is 40.3 Å². The zero-order valence-electron chi connectivity index (χ0n) is 18.0. The van der Waals surface area contributed by atoms with Gasteiger partial charge in [-0.2, -0.15) is 4.39 Å². The molecule has 4 atom stereocenters. The number of rotatable bonds is 10. The average Bonchev–Trinajstić information content (AvgIpc) is 2.67. The summed E-state index contributed by atoms with van der Waals surface area (Å²) in [6.07, 6.45) is -1.49. The van der Waals surface area contributed by atoms with Gasteiger partial charge in [0.1, 0.15) is 12.1 Å². The number of carbonyl (C=O) groups is 4. The highest BCUT2D eigenvalue weighted by Crippen LogP contribution is 2.06. The van der Waals surface area contributed by atoms with E-state index in [-0.39, 0.29) is 16.9 Å². The molecule has 0 saturated heterocycles. The van der Waals surface area contributed by atoms with Gasteiger partial charge in [0.05, 0.1) is 12.2 Å². The maximum absolute atomic E-state index is 13.5. The standard InChI is InChI=1S/C18H27FN6O7/c1-7(2)5-11(22-13(26)8(3)20)16(29)21-9(4)14(27)23-12(17(30)31)25-6-10(19)15(28)24-18(25)32/h6-9,11-12H,5,20H2,1-4H3,(H,21,29)(H,22,26)(H,23,27)(H,30,31)(H,24,28,32)/t8?,9-,11?,12?/m0/s1. The summed E-state index contributed by atoms with van der Waals surface area (Å²) in [7, 11) is 0. The summed E-state index contributed by atoms with van der Waals surface area (Å²) in [6.45, 7) is 6.30. The van der Waals surface area contributed by atoms with Gasteiger partial charge in [-0.05, 0) is 26.2 Å². The predicted octanol–water partition coefficient (Wildman–Crippen LogP) is -2.24. The molecule has 0 radical (unpaired) electrons. The van der Waals surface area contributed by atoms with E-state index in [0.717, 1.165) is 0 Å². The van der Waals surface area contributed by atoms with Crippen LogP contribution >= 0.6 is 0 Å². The predicted molar refractivity (Wildman–Crippen MR) is 109 cm³/mol. The molecule has 3 unspecified atom stereocenters. The van der Waals surface area contributed by atoms with Gasteiger partial charge in [-0.15, -0.1) is 0 Å². The number of aliphatic carboxylic acids is 1. The molecular weight excluding hydrogens is 431 g/mol. The number of nitrogens with zero attached hydrogens (tertiary/aromatic N) is 1. The first kappa shape index (κ1) is 26.5. The van der Waals surface area contributed by atoms with Crippen molar-refractivity contribution in [3.63, 3.8) is 0 Å². The molecule has 1 rings (SSSR count). The molecule has 0 saturated carbocycles. The van der Waals surface area contributed by atoms with Crippen molar-refractivity contribution in [3.8, 4) is 0 Å². The van der Waals surface area contributed by atoms with Crippen LogP contribution in [0.3, 0.4) is 0 Å². The van der Waals surface area contributed by atoms with Gasteiger partial charge in [-0.25, -0.2) is 9.59 Å². The maximum Gasteiger partial charge on any atom is 0.347 e. The lowest BCUT2D eigenvalue weighted by atomic mass is 10.0. The molecule has 0 fully saturated rings. The smallest absolute Gasteiger partial charge is 0.347 e. The summed E-state index contributed by atoms with van der Waals surface area (Å²) in [5, 5.41) is 16.1. The monoisotopic (exact) mass is 458 g/mol. The van der Waals surface area contributed by atoms with Gasteiger partial charge in [0.25, 0.3) is 5.56 Å². The third-order valence-corrected chi connectivity index (χ3v) is 4.22. The number of amides is 3. The molecule has 1 heterocycles. The van der Waals surface area contributed by atoms with Gasteiger partial charge >= 0.3 is 11.7 Å². The third kappa shape index (κ3) is 7.30. The van der Waals surface area contributed by atoms with E-state index in [9.17, 15) is 38.3 Å². The van der Waals surface area contributed by atoms with E-state index in [0.29, 0.717) is 6.20 Å². The summed E-state index contributed by atoms with van der Waals surface area (Å²) in [5.41, 5.74) is 2.87. The zero-order valence-corrected chi connectivity index (χ0v) is 18.0. The molecule has 0 aliphatic rings. The van der Waals surface area contributed by atoms with Gasteiger partial charge < -0.3 is 26.8 Å². The van der Waals surface area contributed by atoms with Crippen molar-refractivity contribution in [1.82, 2.24) is 25.5 Å². The largest absolute Gasteiger partial charge is 0.478 e. The van der Waals surface area contributed by atoms with Crippen LogP contribution < -0.4 is 32.9 Å². The fraction of sp³-hybridized carbons (Fsp3) is 0.556. The number of aromatic nitrogens is 2. The minimum absolute atomic E-state index is 0.00154. The summed E-state index contributed by atoms with van der Waals surface area (Å²) in [6, 6.07) is -3.17. The molecule has 178 valence electrons. The number of nitrogens with one attached hydrogen (secondary N) is 4. The van der Waals surface area contributed by atoms with E-state index in [1.54, 1.807) is 4.98 Å². The first-order valence-electron chi connectivity index (χ1n) is 9.65. The van der Waals surface area contributed by atoms with Gasteiger partial charge in [0.2, 0.25) is 29.7 Å². The molecule has 14 heteroatoms. The zero-order chi connectivity index (χ0) is 24.7. The molecule has 3 amide bonds. The molecule has 0 aliphatic carbocycles. The Hall–Kier alpha value is -3.55. The van der Waals surface area contributed by atoms with Crippen LogP contribution in [0.25, 0.3) is 0 Å². The van der Waals surface area contributed by atoms with E-state index in [4.69, 9.17) is 5.73 Å². The van der Waals surface area contributed by atoms with Crippen molar-refractivity contribution in [3.05, 3.63) is 32.9 Å². The van der Waals surface area contributed by atoms with Crippen LogP contribution in [0.2, 0.25) is 0 Å². The Labute approximate surface area is 181 Å². The highest BCUT2D eigenvalue weighted by atomic mass is 19.1. The van der Waals surface area contributed by atoms with Crippen LogP contribution in [0.5, 0.6) is 0 Å². The van der Waals surface area contributed by atoms with Crippen molar-refractivity contribution < 1.29 is 28.7 Å². The lowest BCUT2D eigenvalue weighted by Crippen LogP contribution is -2.56. The number of halogens is 1. The van der Waals surface area contributed by atoms with E-state index in [1.165, 1.54) is 13.8 Å². The molecule has 13 nitrogen and oxygen atoms in total. The molecule has 1 aromatic rings. The van der Waals surface area contributed by atoms with Crippen molar-refractivity contribution in [2.24, 2.45) is 11.7 Å². The number of aromatic amines is 1. The van der Waals surface area contributed by atoms with Gasteiger partial charge in [0, 0.05) is 0 Å². The third-order valence-electron chi connectivity index (χ3n) is 4.22. The summed E-state index contributed by atoms with van der Waals surface area (Å²) in [4.78, 5) is 72.9. The fourth-order valence-corrected chi connectivity index (χ4v) is 2.55. The Kier molecular flexibility index (Phi) is 9.25. The fourth-order valence-electron chi connectivity index (χ4n) is 2.55. The highest BCUT2D eigenvalue weighted by molar-refractivity contribution is 5.93. The van der Waals surface area contributed by atoms with E-state index in [1.807, 2.05) is 19.2 Å². The van der Waals surface area contributed by atoms with Gasteiger partial charge in [-0.1, -0.05) is 13.8 Å². The molecule has 1 aromatic heterocycles. The molecule has 0 bridgehead atoms. The number of carbonyl (C=O) groups excluding carboxylic acids is 3. The van der Waals surface area contributed by atoms with E-state index in [2.05, 4.69) is 10.6 Å².